The molecule has 0 spiro atoms. The Morgan fingerprint density at radius 2 is 1.67 bits per heavy atom. The maximum atomic E-state index is 12.6. The number of aromatic nitrogens is 1. The second kappa shape index (κ2) is 7.98. The van der Waals surface area contributed by atoms with E-state index in [1.165, 1.54) is 20.9 Å². The van der Waals surface area contributed by atoms with Crippen molar-refractivity contribution >= 4 is 21.4 Å². The van der Waals surface area contributed by atoms with E-state index >= 15 is 0 Å². The monoisotopic (exact) mass is 402 g/mol. The van der Waals surface area contributed by atoms with E-state index in [-0.39, 0.29) is 0 Å². The van der Waals surface area contributed by atoms with E-state index < -0.39 is 10.0 Å². The van der Waals surface area contributed by atoms with Crippen molar-refractivity contribution in [1.82, 2.24) is 8.87 Å². The Morgan fingerprint density at radius 1 is 0.963 bits per heavy atom. The number of morpholine rings is 1. The van der Waals surface area contributed by atoms with E-state index in [1.54, 1.807) is 30.6 Å². The fourth-order valence-corrected chi connectivity index (χ4v) is 5.74. The predicted octanol–water partition coefficient (Wildman–Crippen LogP) is 3.33. The van der Waals surface area contributed by atoms with Crippen molar-refractivity contribution in [3.8, 4) is 10.4 Å². The number of benzene rings is 1. The SMILES string of the molecule is O=S(=O)(c1ccc(-c2ccc(CCN3CCOCC3)cc2)s1)n1cccc1. The van der Waals surface area contributed by atoms with Crippen LogP contribution in [0.15, 0.2) is 65.1 Å². The summed E-state index contributed by atoms with van der Waals surface area (Å²) >= 11 is 1.30. The highest BCUT2D eigenvalue weighted by molar-refractivity contribution is 7.92. The van der Waals surface area contributed by atoms with Gasteiger partial charge in [-0.3, -0.25) is 4.90 Å². The van der Waals surface area contributed by atoms with Gasteiger partial charge in [0, 0.05) is 36.9 Å². The molecule has 2 aromatic heterocycles. The molecule has 0 bridgehead atoms. The van der Waals surface area contributed by atoms with E-state index in [0.717, 1.165) is 49.7 Å². The molecule has 0 aliphatic carbocycles. The van der Waals surface area contributed by atoms with Crippen molar-refractivity contribution in [2.45, 2.75) is 10.6 Å². The molecule has 0 radical (unpaired) electrons. The molecule has 3 aromatic rings. The third-order valence-corrected chi connectivity index (χ3v) is 8.00. The van der Waals surface area contributed by atoms with E-state index in [4.69, 9.17) is 4.74 Å². The lowest BCUT2D eigenvalue weighted by Gasteiger charge is -2.26. The first-order valence-electron chi connectivity index (χ1n) is 9.01. The molecule has 0 atom stereocenters. The van der Waals surface area contributed by atoms with Crippen molar-refractivity contribution in [1.29, 1.82) is 0 Å². The number of nitrogens with zero attached hydrogens (tertiary/aromatic N) is 2. The van der Waals surface area contributed by atoms with Crippen molar-refractivity contribution in [2.24, 2.45) is 0 Å². The average molecular weight is 403 g/mol. The minimum absolute atomic E-state index is 0.352. The van der Waals surface area contributed by atoms with Crippen molar-refractivity contribution < 1.29 is 13.2 Å². The van der Waals surface area contributed by atoms with Gasteiger partial charge in [-0.05, 0) is 41.8 Å². The number of hydrogen-bond acceptors (Lipinski definition) is 5. The van der Waals surface area contributed by atoms with Crippen LogP contribution in [-0.4, -0.2) is 50.1 Å². The molecule has 1 saturated heterocycles. The maximum Gasteiger partial charge on any atom is 0.277 e. The van der Waals surface area contributed by atoms with Gasteiger partial charge >= 0.3 is 0 Å². The Balaban J connectivity index is 1.44. The second-order valence-corrected chi connectivity index (χ2v) is 9.69. The van der Waals surface area contributed by atoms with Gasteiger partial charge in [-0.2, -0.15) is 8.42 Å². The quantitative estimate of drug-likeness (QED) is 0.635. The molecule has 1 fully saturated rings. The topological polar surface area (TPSA) is 51.5 Å². The normalized spacial score (nSPS) is 15.9. The van der Waals surface area contributed by atoms with Gasteiger partial charge in [0.1, 0.15) is 4.21 Å². The molecule has 1 aliphatic rings. The fourth-order valence-electron chi connectivity index (χ4n) is 3.14. The number of hydrogen-bond donors (Lipinski definition) is 0. The van der Waals surface area contributed by atoms with Gasteiger partial charge in [-0.15, -0.1) is 11.3 Å². The van der Waals surface area contributed by atoms with E-state index in [2.05, 4.69) is 29.2 Å². The zero-order valence-corrected chi connectivity index (χ0v) is 16.6. The van der Waals surface area contributed by atoms with Gasteiger partial charge in [-0.1, -0.05) is 24.3 Å². The number of rotatable bonds is 6. The molecular formula is C20H22N2O3S2. The summed E-state index contributed by atoms with van der Waals surface area (Å²) in [6.45, 7) is 4.70. The van der Waals surface area contributed by atoms with Crippen LogP contribution in [0.2, 0.25) is 0 Å². The molecule has 0 unspecified atom stereocenters. The van der Waals surface area contributed by atoms with Gasteiger partial charge < -0.3 is 4.74 Å². The molecule has 0 amide bonds. The summed E-state index contributed by atoms with van der Waals surface area (Å²) in [7, 11) is -3.49. The highest BCUT2D eigenvalue weighted by Crippen LogP contribution is 2.32. The fraction of sp³-hybridized carbons (Fsp3) is 0.300. The lowest BCUT2D eigenvalue weighted by molar-refractivity contribution is 0.0384. The highest BCUT2D eigenvalue weighted by Gasteiger charge is 2.18. The summed E-state index contributed by atoms with van der Waals surface area (Å²) in [5.74, 6) is 0. The Hall–Kier alpha value is -1.93. The van der Waals surface area contributed by atoms with Crippen LogP contribution in [0.25, 0.3) is 10.4 Å². The summed E-state index contributed by atoms with van der Waals surface area (Å²) in [6, 6.07) is 15.4. The zero-order chi connectivity index (χ0) is 18.7. The molecule has 5 nitrogen and oxygen atoms in total. The summed E-state index contributed by atoms with van der Waals surface area (Å²) in [5.41, 5.74) is 2.34. The minimum atomic E-state index is -3.49. The van der Waals surface area contributed by atoms with Crippen molar-refractivity contribution in [2.75, 3.05) is 32.8 Å². The molecule has 3 heterocycles. The average Bonchev–Trinajstić information content (AvgIpc) is 3.40. The van der Waals surface area contributed by atoms with Crippen LogP contribution < -0.4 is 0 Å². The van der Waals surface area contributed by atoms with Crippen LogP contribution in [0.3, 0.4) is 0 Å². The third kappa shape index (κ3) is 4.16. The molecule has 7 heteroatoms. The van der Waals surface area contributed by atoms with Crippen LogP contribution in [0.1, 0.15) is 5.56 Å². The third-order valence-electron chi connectivity index (χ3n) is 4.75. The van der Waals surface area contributed by atoms with Crippen LogP contribution in [0, 0.1) is 0 Å². The lowest BCUT2D eigenvalue weighted by Crippen LogP contribution is -2.37. The molecule has 1 aromatic carbocycles. The second-order valence-electron chi connectivity index (χ2n) is 6.54. The van der Waals surface area contributed by atoms with Crippen LogP contribution in [0.4, 0.5) is 0 Å². The first kappa shape index (κ1) is 18.4. The smallest absolute Gasteiger partial charge is 0.277 e. The first-order chi connectivity index (χ1) is 13.1. The number of thiophene rings is 1. The summed E-state index contributed by atoms with van der Waals surface area (Å²) in [5, 5.41) is 0. The van der Waals surface area contributed by atoms with Gasteiger partial charge in [0.25, 0.3) is 10.0 Å². The maximum absolute atomic E-state index is 12.6. The summed E-state index contributed by atoms with van der Waals surface area (Å²) in [4.78, 5) is 3.38. The molecular weight excluding hydrogens is 380 g/mol. The van der Waals surface area contributed by atoms with E-state index in [1.807, 2.05) is 6.07 Å². The van der Waals surface area contributed by atoms with Gasteiger partial charge in [0.05, 0.1) is 13.2 Å². The first-order valence-corrected chi connectivity index (χ1v) is 11.3. The van der Waals surface area contributed by atoms with Crippen LogP contribution in [-0.2, 0) is 21.2 Å². The van der Waals surface area contributed by atoms with Crippen LogP contribution in [0.5, 0.6) is 0 Å². The van der Waals surface area contributed by atoms with Gasteiger partial charge in [-0.25, -0.2) is 3.97 Å². The Morgan fingerprint density at radius 3 is 2.37 bits per heavy atom. The predicted molar refractivity (Wildman–Crippen MR) is 108 cm³/mol. The number of ether oxygens (including phenoxy) is 1. The molecule has 27 heavy (non-hydrogen) atoms. The molecule has 0 N–H and O–H groups in total. The van der Waals surface area contributed by atoms with Gasteiger partial charge in [0.15, 0.2) is 0 Å². The Kier molecular flexibility index (Phi) is 5.45. The minimum Gasteiger partial charge on any atom is -0.379 e. The molecule has 1 aliphatic heterocycles. The molecule has 4 rings (SSSR count). The molecule has 142 valence electrons. The van der Waals surface area contributed by atoms with Crippen molar-refractivity contribution in [3.63, 3.8) is 0 Å². The zero-order valence-electron chi connectivity index (χ0n) is 15.0. The van der Waals surface area contributed by atoms with Gasteiger partial charge in [0.2, 0.25) is 0 Å². The van der Waals surface area contributed by atoms with E-state index in [9.17, 15) is 8.42 Å². The largest absolute Gasteiger partial charge is 0.379 e. The summed E-state index contributed by atoms with van der Waals surface area (Å²) < 4.78 is 32.2. The lowest BCUT2D eigenvalue weighted by atomic mass is 10.1. The summed E-state index contributed by atoms with van der Waals surface area (Å²) in [6.07, 6.45) is 4.12. The Labute approximate surface area is 163 Å². The van der Waals surface area contributed by atoms with E-state index in [0.29, 0.717) is 4.21 Å². The standard InChI is InChI=1S/C20H22N2O3S2/c23-27(24,22-10-1-2-11-22)20-8-7-19(26-20)18-5-3-17(4-6-18)9-12-21-13-15-25-16-14-21/h1-8,10-11H,9,12-16H2. The van der Waals surface area contributed by atoms with Crippen molar-refractivity contribution in [3.05, 3.63) is 66.5 Å². The van der Waals surface area contributed by atoms with Crippen LogP contribution >= 0.6 is 11.3 Å². The molecule has 0 saturated carbocycles. The highest BCUT2D eigenvalue weighted by atomic mass is 32.2. The Bertz CT molecular complexity index is 971.